The van der Waals surface area contributed by atoms with Crippen LogP contribution >= 0.6 is 11.6 Å². The Bertz CT molecular complexity index is 1960. The first kappa shape index (κ1) is 31.1. The van der Waals surface area contributed by atoms with Crippen molar-refractivity contribution in [2.45, 2.75) is 65.7 Å². The molecule has 0 spiro atoms. The molecule has 1 aromatic carbocycles. The second-order valence-electron chi connectivity index (χ2n) is 12.9. The van der Waals surface area contributed by atoms with E-state index in [1.54, 1.807) is 68.6 Å². The summed E-state index contributed by atoms with van der Waals surface area (Å²) >= 11 is 6.46. The van der Waals surface area contributed by atoms with Crippen molar-refractivity contribution in [3.63, 3.8) is 0 Å². The number of hydrogen-bond donors (Lipinski definition) is 0. The molecule has 1 aliphatic heterocycles. The number of aryl methyl sites for hydroxylation is 2. The average molecular weight is 625 g/mol. The highest BCUT2D eigenvalue weighted by Gasteiger charge is 2.29. The summed E-state index contributed by atoms with van der Waals surface area (Å²) in [7, 11) is 3.24. The Morgan fingerprint density at radius 1 is 0.977 bits per heavy atom. The number of fused-ring (bicyclic) bond motifs is 2. The quantitative estimate of drug-likeness (QED) is 0.318. The van der Waals surface area contributed by atoms with Crippen molar-refractivity contribution in [1.29, 1.82) is 0 Å². The Balaban J connectivity index is 1.59. The molecule has 4 heterocycles. The van der Waals surface area contributed by atoms with Crippen molar-refractivity contribution in [2.75, 3.05) is 13.1 Å². The van der Waals surface area contributed by atoms with Gasteiger partial charge in [-0.05, 0) is 66.2 Å². The molecule has 0 fully saturated rings. The second-order valence-corrected chi connectivity index (χ2v) is 13.4. The van der Waals surface area contributed by atoms with Gasteiger partial charge in [0.05, 0.1) is 24.3 Å². The lowest BCUT2D eigenvalue weighted by Gasteiger charge is -2.30. The molecule has 4 aromatic rings. The molecule has 234 valence electrons. The number of nitrogens with zero attached hydrogens (tertiary/aromatic N) is 6. The molecule has 0 saturated heterocycles. The van der Waals surface area contributed by atoms with Gasteiger partial charge < -0.3 is 18.9 Å². The van der Waals surface area contributed by atoms with Crippen LogP contribution in [0.4, 0.5) is 9.59 Å². The smallest absolute Gasteiger partial charge is 0.419 e. The van der Waals surface area contributed by atoms with Crippen molar-refractivity contribution in [2.24, 2.45) is 14.1 Å². The van der Waals surface area contributed by atoms with Gasteiger partial charge in [0.1, 0.15) is 17.0 Å². The summed E-state index contributed by atoms with van der Waals surface area (Å²) in [5.74, 6) is 0.466. The highest BCUT2D eigenvalue weighted by atomic mass is 35.5. The third-order valence-electron chi connectivity index (χ3n) is 7.22. The maximum atomic E-state index is 14.0. The first-order valence-electron chi connectivity index (χ1n) is 14.3. The fraction of sp³-hybridized carbons (Fsp3) is 0.452. The Labute approximate surface area is 259 Å². The van der Waals surface area contributed by atoms with Crippen molar-refractivity contribution in [1.82, 2.24) is 28.2 Å². The molecular weight excluding hydrogens is 588 g/mol. The van der Waals surface area contributed by atoms with Crippen LogP contribution < -0.4 is 11.2 Å². The third kappa shape index (κ3) is 5.78. The number of benzene rings is 1. The molecule has 0 bridgehead atoms. The highest BCUT2D eigenvalue weighted by Crippen LogP contribution is 2.29. The van der Waals surface area contributed by atoms with Gasteiger partial charge in [-0.15, -0.1) is 0 Å². The summed E-state index contributed by atoms with van der Waals surface area (Å²) in [5.41, 5.74) is -0.605. The van der Waals surface area contributed by atoms with E-state index in [4.69, 9.17) is 21.1 Å². The molecule has 0 aliphatic carbocycles. The largest absolute Gasteiger partial charge is 0.444 e. The fourth-order valence-electron chi connectivity index (χ4n) is 5.31. The van der Waals surface area contributed by atoms with E-state index in [-0.39, 0.29) is 24.3 Å². The van der Waals surface area contributed by atoms with E-state index in [1.165, 1.54) is 9.13 Å². The van der Waals surface area contributed by atoms with E-state index in [0.29, 0.717) is 40.4 Å². The maximum absolute atomic E-state index is 14.0. The Kier molecular flexibility index (Phi) is 7.77. The summed E-state index contributed by atoms with van der Waals surface area (Å²) in [6.07, 6.45) is 1.47. The normalized spacial score (nSPS) is 14.3. The van der Waals surface area contributed by atoms with E-state index in [2.05, 4.69) is 4.98 Å². The lowest BCUT2D eigenvalue weighted by molar-refractivity contribution is 0.0272. The summed E-state index contributed by atoms with van der Waals surface area (Å²) in [6, 6.07) is 6.83. The van der Waals surface area contributed by atoms with Crippen LogP contribution in [0.15, 0.2) is 39.9 Å². The van der Waals surface area contributed by atoms with Crippen molar-refractivity contribution in [3.8, 4) is 0 Å². The molecule has 3 aromatic heterocycles. The van der Waals surface area contributed by atoms with Gasteiger partial charge in [0.2, 0.25) is 0 Å². The summed E-state index contributed by atoms with van der Waals surface area (Å²) < 4.78 is 16.6. The van der Waals surface area contributed by atoms with E-state index in [0.717, 1.165) is 10.1 Å². The van der Waals surface area contributed by atoms with E-state index in [9.17, 15) is 19.2 Å². The average Bonchev–Trinajstić information content (AvgIpc) is 3.47. The molecule has 5 rings (SSSR count). The molecule has 0 atom stereocenters. The van der Waals surface area contributed by atoms with Crippen molar-refractivity contribution in [3.05, 3.63) is 67.7 Å². The number of imidazole rings is 1. The van der Waals surface area contributed by atoms with E-state index >= 15 is 0 Å². The Hall–Kier alpha value is -4.32. The molecule has 1 aliphatic rings. The zero-order valence-corrected chi connectivity index (χ0v) is 27.0. The lowest BCUT2D eigenvalue weighted by Crippen LogP contribution is -2.40. The summed E-state index contributed by atoms with van der Waals surface area (Å²) in [4.78, 5) is 60.0. The molecule has 0 radical (unpaired) electrons. The molecule has 0 N–H and O–H groups in total. The van der Waals surface area contributed by atoms with Crippen LogP contribution in [0.1, 0.15) is 59.5 Å². The number of rotatable bonds is 3. The molecule has 0 unspecified atom stereocenters. The third-order valence-corrected chi connectivity index (χ3v) is 7.54. The minimum atomic E-state index is -0.784. The number of carbonyl (C=O) groups is 2. The van der Waals surface area contributed by atoms with Gasteiger partial charge in [-0.1, -0.05) is 23.7 Å². The predicted octanol–water partition coefficient (Wildman–Crippen LogP) is 4.90. The van der Waals surface area contributed by atoms with Crippen LogP contribution in [0.3, 0.4) is 0 Å². The molecule has 0 saturated carbocycles. The van der Waals surface area contributed by atoms with Crippen LogP contribution in [-0.4, -0.2) is 64.6 Å². The number of ether oxygens (including phenoxy) is 2. The van der Waals surface area contributed by atoms with Gasteiger partial charge in [0.15, 0.2) is 11.2 Å². The van der Waals surface area contributed by atoms with Gasteiger partial charge in [-0.25, -0.2) is 23.9 Å². The molecular formula is C31H37ClN6O6. The standard InChI is InChI=1S/C31H37ClN6O6/c1-30(2,3)43-28(41)36-14-10-11-18(16-36)24-33-25-23(34(24)7)26(39)37(27(40)35(25)8)17-19-15-20-21(32)12-9-13-22(20)38(19)29(42)44-31(4,5)6/h9,11-13,15H,10,14,16-17H2,1-8H3. The van der Waals surface area contributed by atoms with Crippen LogP contribution in [-0.2, 0) is 30.1 Å². The van der Waals surface area contributed by atoms with Crippen LogP contribution in [0.25, 0.3) is 27.6 Å². The van der Waals surface area contributed by atoms with Crippen molar-refractivity contribution >= 4 is 51.4 Å². The predicted molar refractivity (Wildman–Crippen MR) is 168 cm³/mol. The second kappa shape index (κ2) is 11.0. The summed E-state index contributed by atoms with van der Waals surface area (Å²) in [6.45, 7) is 11.2. The number of hydrogen-bond acceptors (Lipinski definition) is 7. The Morgan fingerprint density at radius 2 is 1.64 bits per heavy atom. The van der Waals surface area contributed by atoms with Gasteiger partial charge in [0.25, 0.3) is 5.56 Å². The van der Waals surface area contributed by atoms with Crippen molar-refractivity contribution < 1.29 is 19.1 Å². The number of halogens is 1. The molecule has 12 nitrogen and oxygen atoms in total. The maximum Gasteiger partial charge on any atom is 0.419 e. The summed E-state index contributed by atoms with van der Waals surface area (Å²) in [5, 5.41) is 1.00. The van der Waals surface area contributed by atoms with Gasteiger partial charge >= 0.3 is 17.9 Å². The van der Waals surface area contributed by atoms with Gasteiger partial charge in [0, 0.05) is 36.6 Å². The minimum Gasteiger partial charge on any atom is -0.444 e. The first-order chi connectivity index (χ1) is 20.5. The minimum absolute atomic E-state index is 0.204. The fourth-order valence-corrected chi connectivity index (χ4v) is 5.53. The number of aromatic nitrogens is 5. The van der Waals surface area contributed by atoms with Gasteiger partial charge in [-0.2, -0.15) is 0 Å². The molecule has 44 heavy (non-hydrogen) atoms. The molecule has 13 heteroatoms. The highest BCUT2D eigenvalue weighted by molar-refractivity contribution is 6.35. The van der Waals surface area contributed by atoms with Crippen LogP contribution in [0.2, 0.25) is 5.02 Å². The number of amides is 1. The van der Waals surface area contributed by atoms with E-state index in [1.807, 2.05) is 26.8 Å². The van der Waals surface area contributed by atoms with Gasteiger partial charge in [-0.3, -0.25) is 13.9 Å². The lowest BCUT2D eigenvalue weighted by atomic mass is 10.1. The topological polar surface area (TPSA) is 123 Å². The Morgan fingerprint density at radius 3 is 2.30 bits per heavy atom. The molecule has 1 amide bonds. The van der Waals surface area contributed by atoms with Crippen LogP contribution in [0, 0.1) is 0 Å². The van der Waals surface area contributed by atoms with E-state index < -0.39 is 34.6 Å². The number of carbonyl (C=O) groups excluding carboxylic acids is 2. The zero-order chi connectivity index (χ0) is 32.3. The van der Waals surface area contributed by atoms with Crippen LogP contribution in [0.5, 0.6) is 0 Å². The monoisotopic (exact) mass is 624 g/mol. The zero-order valence-electron chi connectivity index (χ0n) is 26.2. The first-order valence-corrected chi connectivity index (χ1v) is 14.7. The SMILES string of the molecule is Cn1c(C2=CCCN(C(=O)OC(C)(C)C)C2)nc2c1c(=O)n(Cc1cc3c(Cl)cccc3n1C(=O)OC(C)(C)C)c(=O)n2C.